The Morgan fingerprint density at radius 2 is 1.91 bits per heavy atom. The molecule has 0 saturated carbocycles. The number of hydrogen-bond donors (Lipinski definition) is 0. The minimum atomic E-state index is -0.252. The zero-order valence-corrected chi connectivity index (χ0v) is 18.5. The molecule has 0 aliphatic carbocycles. The molecule has 32 heavy (non-hydrogen) atoms. The first-order valence-corrected chi connectivity index (χ1v) is 11.0. The first-order valence-electron chi connectivity index (χ1n) is 11.0. The van der Waals surface area contributed by atoms with E-state index in [1.54, 1.807) is 21.9 Å². The molecule has 0 radical (unpaired) electrons. The lowest BCUT2D eigenvalue weighted by atomic mass is 10.2. The summed E-state index contributed by atoms with van der Waals surface area (Å²) in [6, 6.07) is 6.68. The summed E-state index contributed by atoms with van der Waals surface area (Å²) in [7, 11) is 0. The molecule has 1 aliphatic rings. The monoisotopic (exact) mass is 443 g/mol. The van der Waals surface area contributed by atoms with Gasteiger partial charge in [0.15, 0.2) is 0 Å². The van der Waals surface area contributed by atoms with Gasteiger partial charge in [0.05, 0.1) is 11.9 Å². The largest absolute Gasteiger partial charge is 0.382 e. The molecule has 1 fully saturated rings. The first-order chi connectivity index (χ1) is 15.6. The number of benzene rings is 1. The van der Waals surface area contributed by atoms with Gasteiger partial charge in [0, 0.05) is 71.3 Å². The number of anilines is 1. The van der Waals surface area contributed by atoms with Crippen LogP contribution in [0, 0.1) is 5.82 Å². The molecule has 172 valence electrons. The third-order valence-corrected chi connectivity index (χ3v) is 5.41. The van der Waals surface area contributed by atoms with Crippen LogP contribution in [0.5, 0.6) is 0 Å². The maximum atomic E-state index is 14.0. The summed E-state index contributed by atoms with van der Waals surface area (Å²) >= 11 is 0. The molecule has 3 rings (SSSR count). The third-order valence-electron chi connectivity index (χ3n) is 5.41. The molecular weight excluding hydrogens is 413 g/mol. The number of carbonyl (C=O) groups excluding carboxylic acids is 2. The van der Waals surface area contributed by atoms with Crippen LogP contribution in [0.15, 0.2) is 42.9 Å². The maximum absolute atomic E-state index is 14.0. The van der Waals surface area contributed by atoms with E-state index in [4.69, 9.17) is 4.74 Å². The van der Waals surface area contributed by atoms with Gasteiger partial charge in [-0.05, 0) is 25.5 Å². The number of nitrogens with zero attached hydrogens (tertiary/aromatic N) is 5. The Balaban J connectivity index is 1.53. The van der Waals surface area contributed by atoms with Gasteiger partial charge in [0.25, 0.3) is 5.91 Å². The molecule has 0 unspecified atom stereocenters. The van der Waals surface area contributed by atoms with E-state index in [0.717, 1.165) is 0 Å². The highest BCUT2D eigenvalue weighted by molar-refractivity contribution is 5.92. The zero-order chi connectivity index (χ0) is 22.8. The maximum Gasteiger partial charge on any atom is 0.274 e. The molecule has 1 aliphatic heterocycles. The second-order valence-corrected chi connectivity index (χ2v) is 7.50. The fourth-order valence-corrected chi connectivity index (χ4v) is 3.68. The number of hydrogen-bond acceptors (Lipinski definition) is 6. The van der Waals surface area contributed by atoms with E-state index < -0.39 is 0 Å². The molecule has 0 atom stereocenters. The minimum Gasteiger partial charge on any atom is -0.382 e. The number of aromatic nitrogens is 2. The Bertz CT molecular complexity index is 875. The Labute approximate surface area is 188 Å². The third kappa shape index (κ3) is 6.46. The van der Waals surface area contributed by atoms with Crippen LogP contribution in [0.25, 0.3) is 0 Å². The lowest BCUT2D eigenvalue weighted by Gasteiger charge is -2.36. The molecular formula is C23H30FN5O3. The van der Waals surface area contributed by atoms with E-state index in [-0.39, 0.29) is 29.7 Å². The van der Waals surface area contributed by atoms with Gasteiger partial charge in [-0.3, -0.25) is 14.6 Å². The molecule has 9 heteroatoms. The fraction of sp³-hybridized carbons (Fsp3) is 0.478. The van der Waals surface area contributed by atoms with Crippen LogP contribution in [-0.2, 0) is 9.53 Å². The number of para-hydroxylation sites is 1. The van der Waals surface area contributed by atoms with Crippen LogP contribution >= 0.6 is 0 Å². The molecule has 1 aromatic heterocycles. The lowest BCUT2D eigenvalue weighted by Crippen LogP contribution is -2.49. The van der Waals surface area contributed by atoms with Crippen molar-refractivity contribution in [2.45, 2.75) is 19.8 Å². The average molecular weight is 444 g/mol. The first kappa shape index (κ1) is 23.6. The molecule has 1 aromatic carbocycles. The van der Waals surface area contributed by atoms with Gasteiger partial charge in [-0.25, -0.2) is 9.37 Å². The van der Waals surface area contributed by atoms with Crippen LogP contribution in [0.2, 0.25) is 0 Å². The molecule has 8 nitrogen and oxygen atoms in total. The number of halogens is 1. The van der Waals surface area contributed by atoms with Crippen molar-refractivity contribution < 1.29 is 18.7 Å². The van der Waals surface area contributed by atoms with Crippen LogP contribution in [-0.4, -0.2) is 84.1 Å². The summed E-state index contributed by atoms with van der Waals surface area (Å²) in [5, 5.41) is 0. The fourth-order valence-electron chi connectivity index (χ4n) is 3.68. The van der Waals surface area contributed by atoms with Gasteiger partial charge in [0.2, 0.25) is 5.91 Å². The van der Waals surface area contributed by atoms with Crippen molar-refractivity contribution in [2.75, 3.05) is 57.4 Å². The standard InChI is InChI=1S/C23H30FN5O3/c1-2-32-17-5-11-29(23(31)20-18-25-9-10-26-20)12-8-22(30)28-15-13-27(14-16-28)21-7-4-3-6-19(21)24/h3-4,6-7,9-10,18H,2,5,8,11-17H2,1H3. The molecule has 2 amide bonds. The smallest absolute Gasteiger partial charge is 0.274 e. The van der Waals surface area contributed by atoms with Gasteiger partial charge in [-0.2, -0.15) is 0 Å². The van der Waals surface area contributed by atoms with E-state index in [2.05, 4.69) is 9.97 Å². The Hall–Kier alpha value is -3.07. The van der Waals surface area contributed by atoms with Crippen LogP contribution in [0.1, 0.15) is 30.3 Å². The predicted octanol–water partition coefficient (Wildman–Crippen LogP) is 2.22. The molecule has 2 heterocycles. The number of rotatable bonds is 10. The zero-order valence-electron chi connectivity index (χ0n) is 18.5. The van der Waals surface area contributed by atoms with E-state index in [1.165, 1.54) is 24.7 Å². The van der Waals surface area contributed by atoms with E-state index >= 15 is 0 Å². The van der Waals surface area contributed by atoms with E-state index in [0.29, 0.717) is 64.6 Å². The quantitative estimate of drug-likeness (QED) is 0.524. The summed E-state index contributed by atoms with van der Waals surface area (Å²) in [5.74, 6) is -0.510. The summed E-state index contributed by atoms with van der Waals surface area (Å²) in [4.78, 5) is 39.1. The van der Waals surface area contributed by atoms with Crippen LogP contribution < -0.4 is 4.90 Å². The summed E-state index contributed by atoms with van der Waals surface area (Å²) in [6.45, 7) is 6.06. The lowest BCUT2D eigenvalue weighted by molar-refractivity contribution is -0.131. The molecule has 0 spiro atoms. The topological polar surface area (TPSA) is 78.9 Å². The highest BCUT2D eigenvalue weighted by Gasteiger charge is 2.24. The van der Waals surface area contributed by atoms with Crippen LogP contribution in [0.4, 0.5) is 10.1 Å². The number of amides is 2. The van der Waals surface area contributed by atoms with Crippen molar-refractivity contribution in [2.24, 2.45) is 0 Å². The SMILES string of the molecule is CCOCCCN(CCC(=O)N1CCN(c2ccccc2F)CC1)C(=O)c1cnccn1. The Kier molecular flexibility index (Phi) is 8.91. The average Bonchev–Trinajstić information content (AvgIpc) is 2.84. The normalized spacial score (nSPS) is 13.8. The number of piperazine rings is 1. The van der Waals surface area contributed by atoms with Crippen LogP contribution in [0.3, 0.4) is 0 Å². The number of ether oxygens (including phenoxy) is 1. The van der Waals surface area contributed by atoms with Gasteiger partial charge in [-0.15, -0.1) is 0 Å². The Morgan fingerprint density at radius 1 is 1.12 bits per heavy atom. The second-order valence-electron chi connectivity index (χ2n) is 7.50. The molecule has 0 bridgehead atoms. The van der Waals surface area contributed by atoms with Gasteiger partial charge < -0.3 is 19.4 Å². The van der Waals surface area contributed by atoms with E-state index in [1.807, 2.05) is 17.9 Å². The van der Waals surface area contributed by atoms with E-state index in [9.17, 15) is 14.0 Å². The molecule has 2 aromatic rings. The summed E-state index contributed by atoms with van der Waals surface area (Å²) in [5.41, 5.74) is 0.824. The van der Waals surface area contributed by atoms with Crippen molar-refractivity contribution in [1.82, 2.24) is 19.8 Å². The van der Waals surface area contributed by atoms with Gasteiger partial charge in [-0.1, -0.05) is 12.1 Å². The highest BCUT2D eigenvalue weighted by Crippen LogP contribution is 2.20. The summed E-state index contributed by atoms with van der Waals surface area (Å²) < 4.78 is 19.4. The van der Waals surface area contributed by atoms with Gasteiger partial charge >= 0.3 is 0 Å². The predicted molar refractivity (Wildman–Crippen MR) is 119 cm³/mol. The van der Waals surface area contributed by atoms with Crippen molar-refractivity contribution in [3.63, 3.8) is 0 Å². The summed E-state index contributed by atoms with van der Waals surface area (Å²) in [6.07, 6.45) is 5.32. The van der Waals surface area contributed by atoms with Crippen molar-refractivity contribution in [3.8, 4) is 0 Å². The van der Waals surface area contributed by atoms with Crippen molar-refractivity contribution >= 4 is 17.5 Å². The molecule has 0 N–H and O–H groups in total. The highest BCUT2D eigenvalue weighted by atomic mass is 19.1. The minimum absolute atomic E-state index is 0.0139. The molecule has 1 saturated heterocycles. The van der Waals surface area contributed by atoms with Crippen molar-refractivity contribution in [3.05, 3.63) is 54.4 Å². The van der Waals surface area contributed by atoms with Crippen molar-refractivity contribution in [1.29, 1.82) is 0 Å². The second kappa shape index (κ2) is 12.1. The number of carbonyl (C=O) groups is 2. The van der Waals surface area contributed by atoms with Gasteiger partial charge in [0.1, 0.15) is 11.5 Å². The Morgan fingerprint density at radius 3 is 2.59 bits per heavy atom.